The van der Waals surface area contributed by atoms with Crippen LogP contribution in [0.5, 0.6) is 0 Å². The van der Waals surface area contributed by atoms with Crippen LogP contribution in [0.25, 0.3) is 0 Å². The Hall–Kier alpha value is -1.76. The molecule has 6 heteroatoms. The van der Waals surface area contributed by atoms with Crippen molar-refractivity contribution in [2.45, 2.75) is 37.8 Å². The van der Waals surface area contributed by atoms with E-state index < -0.39 is 0 Å². The molecule has 0 aromatic carbocycles. The number of amides is 1. The van der Waals surface area contributed by atoms with E-state index in [1.54, 1.807) is 22.4 Å². The number of ether oxygens (including phenoxy) is 1. The highest BCUT2D eigenvalue weighted by Crippen LogP contribution is 2.43. The highest BCUT2D eigenvalue weighted by molar-refractivity contribution is 7.14. The minimum absolute atomic E-state index is 0.0617. The second kappa shape index (κ2) is 7.10. The maximum absolute atomic E-state index is 13.1. The van der Waals surface area contributed by atoms with Crippen molar-refractivity contribution < 1.29 is 9.53 Å². The number of piperidine rings is 1. The molecule has 0 radical (unpaired) electrons. The van der Waals surface area contributed by atoms with E-state index in [1.807, 2.05) is 32.2 Å². The molecule has 2 aliphatic rings. The predicted octanol–water partition coefficient (Wildman–Crippen LogP) is 3.13. The maximum atomic E-state index is 13.1. The number of carbonyl (C=O) groups excluding carboxylic acids is 1. The fourth-order valence-electron chi connectivity index (χ4n) is 3.94. The van der Waals surface area contributed by atoms with Gasteiger partial charge in [0.1, 0.15) is 0 Å². The Labute approximate surface area is 158 Å². The van der Waals surface area contributed by atoms with Gasteiger partial charge in [-0.3, -0.25) is 9.78 Å². The van der Waals surface area contributed by atoms with E-state index in [4.69, 9.17) is 4.74 Å². The fourth-order valence-corrected chi connectivity index (χ4v) is 5.15. The van der Waals surface area contributed by atoms with Gasteiger partial charge in [0.25, 0.3) is 5.91 Å². The van der Waals surface area contributed by atoms with E-state index in [9.17, 15) is 4.79 Å². The molecule has 4 rings (SSSR count). The smallest absolute Gasteiger partial charge is 0.264 e. The predicted molar refractivity (Wildman–Crippen MR) is 103 cm³/mol. The average Bonchev–Trinajstić information content (AvgIpc) is 3.14. The van der Waals surface area contributed by atoms with Crippen LogP contribution >= 0.6 is 11.3 Å². The molecule has 0 aliphatic carbocycles. The summed E-state index contributed by atoms with van der Waals surface area (Å²) >= 11 is 1.64. The normalized spacial score (nSPS) is 19.8. The molecule has 4 heterocycles. The average molecular weight is 372 g/mol. The first-order valence-electron chi connectivity index (χ1n) is 9.27. The van der Waals surface area contributed by atoms with Crippen LogP contribution in [0.3, 0.4) is 0 Å². The van der Waals surface area contributed by atoms with E-state index in [-0.39, 0.29) is 17.6 Å². The van der Waals surface area contributed by atoms with Crippen molar-refractivity contribution in [1.82, 2.24) is 15.2 Å². The third-order valence-corrected chi connectivity index (χ3v) is 6.83. The molecule has 1 saturated heterocycles. The van der Waals surface area contributed by atoms with Crippen molar-refractivity contribution in [3.63, 3.8) is 0 Å². The van der Waals surface area contributed by atoms with Crippen LogP contribution in [0.15, 0.2) is 30.5 Å². The second-order valence-corrected chi connectivity index (χ2v) is 8.27. The van der Waals surface area contributed by atoms with Crippen molar-refractivity contribution in [2.24, 2.45) is 0 Å². The molecule has 1 fully saturated rings. The first kappa shape index (κ1) is 17.6. The van der Waals surface area contributed by atoms with Crippen molar-refractivity contribution in [1.29, 1.82) is 0 Å². The molecule has 1 N–H and O–H groups in total. The monoisotopic (exact) mass is 371 g/mol. The lowest BCUT2D eigenvalue weighted by Crippen LogP contribution is -2.44. The summed E-state index contributed by atoms with van der Waals surface area (Å²) in [4.78, 5) is 21.4. The van der Waals surface area contributed by atoms with Crippen LogP contribution in [0, 0.1) is 0 Å². The molecular weight excluding hydrogens is 346 g/mol. The maximum Gasteiger partial charge on any atom is 0.264 e. The summed E-state index contributed by atoms with van der Waals surface area (Å²) in [6.07, 6.45) is 4.63. The van der Waals surface area contributed by atoms with Gasteiger partial charge in [0.15, 0.2) is 0 Å². The summed E-state index contributed by atoms with van der Waals surface area (Å²) < 4.78 is 6.23. The molecule has 138 valence electrons. The van der Waals surface area contributed by atoms with Gasteiger partial charge in [-0.25, -0.2) is 0 Å². The largest absolute Gasteiger partial charge is 0.370 e. The molecule has 26 heavy (non-hydrogen) atoms. The lowest BCUT2D eigenvalue weighted by molar-refractivity contribution is -0.0792. The first-order valence-corrected chi connectivity index (χ1v) is 10.1. The minimum Gasteiger partial charge on any atom is -0.370 e. The number of hydrogen-bond donors (Lipinski definition) is 1. The SMILES string of the molecule is CC(c1ccccn1)N(C)C(=O)c1cc2c(s1)CCOC21CCNCC1. The fraction of sp³-hybridized carbons (Fsp3) is 0.500. The molecule has 2 aromatic rings. The van der Waals surface area contributed by atoms with Gasteiger partial charge in [0, 0.05) is 24.5 Å². The summed E-state index contributed by atoms with van der Waals surface area (Å²) in [5.41, 5.74) is 1.96. The van der Waals surface area contributed by atoms with Crippen molar-refractivity contribution in [3.8, 4) is 0 Å². The number of hydrogen-bond acceptors (Lipinski definition) is 5. The van der Waals surface area contributed by atoms with Gasteiger partial charge in [-0.1, -0.05) is 6.07 Å². The third-order valence-electron chi connectivity index (χ3n) is 5.65. The quantitative estimate of drug-likeness (QED) is 0.901. The summed E-state index contributed by atoms with van der Waals surface area (Å²) in [7, 11) is 1.86. The van der Waals surface area contributed by atoms with Gasteiger partial charge >= 0.3 is 0 Å². The Bertz CT molecular complexity index is 784. The zero-order chi connectivity index (χ0) is 18.1. The van der Waals surface area contributed by atoms with Gasteiger partial charge in [0.2, 0.25) is 0 Å². The Kier molecular flexibility index (Phi) is 4.82. The Morgan fingerprint density at radius 2 is 2.19 bits per heavy atom. The topological polar surface area (TPSA) is 54.5 Å². The molecule has 2 aromatic heterocycles. The summed E-state index contributed by atoms with van der Waals surface area (Å²) in [5, 5.41) is 3.41. The van der Waals surface area contributed by atoms with Crippen LogP contribution in [0.2, 0.25) is 0 Å². The van der Waals surface area contributed by atoms with Crippen LogP contribution in [-0.4, -0.2) is 42.5 Å². The van der Waals surface area contributed by atoms with Crippen LogP contribution < -0.4 is 5.32 Å². The van der Waals surface area contributed by atoms with Crippen LogP contribution in [0.4, 0.5) is 0 Å². The van der Waals surface area contributed by atoms with Gasteiger partial charge < -0.3 is 15.0 Å². The highest BCUT2D eigenvalue weighted by Gasteiger charge is 2.41. The van der Waals surface area contributed by atoms with Gasteiger partial charge in [-0.15, -0.1) is 11.3 Å². The van der Waals surface area contributed by atoms with E-state index in [0.717, 1.165) is 49.5 Å². The van der Waals surface area contributed by atoms with Crippen LogP contribution in [-0.2, 0) is 16.8 Å². The molecule has 2 aliphatic heterocycles. The molecule has 1 amide bonds. The molecule has 1 spiro atoms. The minimum atomic E-state index is -0.195. The number of aromatic nitrogens is 1. The van der Waals surface area contributed by atoms with Crippen molar-refractivity contribution in [3.05, 3.63) is 51.5 Å². The molecule has 5 nitrogen and oxygen atoms in total. The summed E-state index contributed by atoms with van der Waals surface area (Å²) in [6.45, 7) is 4.71. The third kappa shape index (κ3) is 3.06. The molecule has 1 unspecified atom stereocenters. The molecule has 0 saturated carbocycles. The Morgan fingerprint density at radius 1 is 1.38 bits per heavy atom. The lowest BCUT2D eigenvalue weighted by atomic mass is 9.83. The zero-order valence-electron chi connectivity index (χ0n) is 15.3. The van der Waals surface area contributed by atoms with Gasteiger partial charge in [-0.2, -0.15) is 0 Å². The Morgan fingerprint density at radius 3 is 2.92 bits per heavy atom. The Balaban J connectivity index is 1.60. The summed E-state index contributed by atoms with van der Waals surface area (Å²) in [5.74, 6) is 0.0617. The first-order chi connectivity index (χ1) is 12.6. The number of rotatable bonds is 3. The number of carbonyl (C=O) groups is 1. The molecular formula is C20H25N3O2S. The van der Waals surface area contributed by atoms with E-state index in [0.29, 0.717) is 0 Å². The lowest BCUT2D eigenvalue weighted by Gasteiger charge is -2.40. The van der Waals surface area contributed by atoms with E-state index >= 15 is 0 Å². The van der Waals surface area contributed by atoms with Gasteiger partial charge in [-0.05, 0) is 56.6 Å². The standard InChI is InChI=1S/C20H25N3O2S/c1-14(16-5-3-4-9-22-16)23(2)19(24)18-13-15-17(26-18)6-12-25-20(15)7-10-21-11-8-20/h3-5,9,13-14,21H,6-8,10-12H2,1-2H3. The summed E-state index contributed by atoms with van der Waals surface area (Å²) in [6, 6.07) is 7.84. The van der Waals surface area contributed by atoms with Crippen molar-refractivity contribution in [2.75, 3.05) is 26.7 Å². The number of nitrogens with zero attached hydrogens (tertiary/aromatic N) is 2. The van der Waals surface area contributed by atoms with Crippen molar-refractivity contribution >= 4 is 17.2 Å². The van der Waals surface area contributed by atoms with E-state index in [1.165, 1.54) is 10.4 Å². The number of thiophene rings is 1. The van der Waals surface area contributed by atoms with E-state index in [2.05, 4.69) is 16.4 Å². The second-order valence-electron chi connectivity index (χ2n) is 7.14. The number of fused-ring (bicyclic) bond motifs is 2. The number of nitrogens with one attached hydrogen (secondary N) is 1. The highest BCUT2D eigenvalue weighted by atomic mass is 32.1. The number of pyridine rings is 1. The molecule has 0 bridgehead atoms. The van der Waals surface area contributed by atoms with Gasteiger partial charge in [0.05, 0.1) is 28.8 Å². The van der Waals surface area contributed by atoms with Crippen LogP contribution in [0.1, 0.15) is 51.6 Å². The zero-order valence-corrected chi connectivity index (χ0v) is 16.1. The molecule has 1 atom stereocenters.